The number of hydrogen-bond acceptors (Lipinski definition) is 6. The molecule has 1 atom stereocenters. The standard InChI is InChI=1S/C29H32ClN3O5/c1-36-24-10-6-8-22(18-24)27(38-20-21-7-5-9-23(30)17-21)19-32-13-15-33(16-14-32)29(35)31-26-12-4-3-11-25(26)28(34)37-2/h3-12,17-18,27H,13-16,19-20H2,1-2H3,(H,31,35)/t27-/m1/s1. The second kappa shape index (κ2) is 13.3. The van der Waals surface area contributed by atoms with E-state index in [0.717, 1.165) is 16.9 Å². The normalized spacial score (nSPS) is 14.6. The molecule has 2 amide bonds. The van der Waals surface area contributed by atoms with Gasteiger partial charge in [-0.05, 0) is 47.5 Å². The number of piperazine rings is 1. The highest BCUT2D eigenvalue weighted by atomic mass is 35.5. The Hall–Kier alpha value is -3.59. The fourth-order valence-electron chi connectivity index (χ4n) is 4.36. The van der Waals surface area contributed by atoms with Crippen molar-refractivity contribution in [2.75, 3.05) is 52.3 Å². The summed E-state index contributed by atoms with van der Waals surface area (Å²) in [4.78, 5) is 29.0. The summed E-state index contributed by atoms with van der Waals surface area (Å²) >= 11 is 6.15. The number of methoxy groups -OCH3 is 2. The zero-order valence-electron chi connectivity index (χ0n) is 21.6. The minimum Gasteiger partial charge on any atom is -0.497 e. The first-order chi connectivity index (χ1) is 18.5. The Balaban J connectivity index is 1.38. The highest BCUT2D eigenvalue weighted by molar-refractivity contribution is 6.30. The topological polar surface area (TPSA) is 80.3 Å². The van der Waals surface area contributed by atoms with Gasteiger partial charge in [0.05, 0.1) is 38.2 Å². The summed E-state index contributed by atoms with van der Waals surface area (Å²) in [6, 6.07) is 22.1. The molecule has 1 heterocycles. The number of hydrogen-bond donors (Lipinski definition) is 1. The van der Waals surface area contributed by atoms with Gasteiger partial charge in [0.15, 0.2) is 0 Å². The van der Waals surface area contributed by atoms with Crippen LogP contribution >= 0.6 is 11.6 Å². The number of carbonyl (C=O) groups is 2. The van der Waals surface area contributed by atoms with Crippen LogP contribution in [0.15, 0.2) is 72.8 Å². The lowest BCUT2D eigenvalue weighted by molar-refractivity contribution is 0.00584. The molecule has 38 heavy (non-hydrogen) atoms. The van der Waals surface area contributed by atoms with Crippen molar-refractivity contribution in [1.82, 2.24) is 9.80 Å². The number of benzene rings is 3. The van der Waals surface area contributed by atoms with E-state index in [1.165, 1.54) is 7.11 Å². The van der Waals surface area contributed by atoms with Crippen molar-refractivity contribution in [2.45, 2.75) is 12.7 Å². The predicted octanol–water partition coefficient (Wildman–Crippen LogP) is 5.24. The number of nitrogens with one attached hydrogen (secondary N) is 1. The van der Waals surface area contributed by atoms with Crippen molar-refractivity contribution in [3.8, 4) is 5.75 Å². The molecule has 0 unspecified atom stereocenters. The van der Waals surface area contributed by atoms with Crippen molar-refractivity contribution in [1.29, 1.82) is 0 Å². The molecule has 1 saturated heterocycles. The number of nitrogens with zero attached hydrogens (tertiary/aromatic N) is 2. The van der Waals surface area contributed by atoms with Gasteiger partial charge in [0, 0.05) is 37.7 Å². The lowest BCUT2D eigenvalue weighted by Crippen LogP contribution is -2.51. The summed E-state index contributed by atoms with van der Waals surface area (Å²) in [5.74, 6) is 0.277. The fraction of sp³-hybridized carbons (Fsp3) is 0.310. The first kappa shape index (κ1) is 27.4. The number of amides is 2. The van der Waals surface area contributed by atoms with E-state index in [1.807, 2.05) is 48.5 Å². The van der Waals surface area contributed by atoms with Gasteiger partial charge in [-0.3, -0.25) is 4.90 Å². The van der Waals surface area contributed by atoms with Crippen LogP contribution in [-0.4, -0.2) is 68.7 Å². The quantitative estimate of drug-likeness (QED) is 0.376. The number of anilines is 1. The molecule has 0 spiro atoms. The second-order valence-electron chi connectivity index (χ2n) is 8.96. The van der Waals surface area contributed by atoms with Crippen molar-refractivity contribution >= 4 is 29.3 Å². The van der Waals surface area contributed by atoms with E-state index in [4.69, 9.17) is 25.8 Å². The van der Waals surface area contributed by atoms with Crippen LogP contribution in [-0.2, 0) is 16.1 Å². The Labute approximate surface area is 228 Å². The summed E-state index contributed by atoms with van der Waals surface area (Å²) < 4.78 is 16.6. The van der Waals surface area contributed by atoms with E-state index < -0.39 is 5.97 Å². The second-order valence-corrected chi connectivity index (χ2v) is 9.40. The maximum absolute atomic E-state index is 12.9. The van der Waals surface area contributed by atoms with Crippen LogP contribution in [0.2, 0.25) is 5.02 Å². The summed E-state index contributed by atoms with van der Waals surface area (Å²) in [6.45, 7) is 3.55. The van der Waals surface area contributed by atoms with E-state index >= 15 is 0 Å². The number of esters is 1. The third kappa shape index (κ3) is 7.25. The third-order valence-corrected chi connectivity index (χ3v) is 6.70. The number of urea groups is 1. The smallest absolute Gasteiger partial charge is 0.339 e. The molecular formula is C29H32ClN3O5. The maximum atomic E-state index is 12.9. The van der Waals surface area contributed by atoms with Crippen LogP contribution in [0, 0.1) is 0 Å². The molecule has 3 aromatic rings. The summed E-state index contributed by atoms with van der Waals surface area (Å²) in [5, 5.41) is 3.52. The minimum atomic E-state index is -0.493. The Kier molecular flexibility index (Phi) is 9.59. The van der Waals surface area contributed by atoms with Crippen molar-refractivity contribution < 1.29 is 23.8 Å². The Morgan fingerprint density at radius 3 is 2.45 bits per heavy atom. The average Bonchev–Trinajstić information content (AvgIpc) is 2.95. The SMILES string of the molecule is COC(=O)c1ccccc1NC(=O)N1CCN(C[C@@H](OCc2cccc(Cl)c2)c2cccc(OC)c2)CC1. The Bertz CT molecular complexity index is 1250. The molecule has 0 bridgehead atoms. The third-order valence-electron chi connectivity index (χ3n) is 6.46. The lowest BCUT2D eigenvalue weighted by atomic mass is 10.1. The number of rotatable bonds is 9. The van der Waals surface area contributed by atoms with E-state index in [9.17, 15) is 9.59 Å². The first-order valence-electron chi connectivity index (χ1n) is 12.4. The van der Waals surface area contributed by atoms with Crippen LogP contribution < -0.4 is 10.1 Å². The minimum absolute atomic E-state index is 0.198. The molecule has 8 nitrogen and oxygen atoms in total. The fourth-order valence-corrected chi connectivity index (χ4v) is 4.57. The van der Waals surface area contributed by atoms with Crippen LogP contribution in [0.1, 0.15) is 27.6 Å². The van der Waals surface area contributed by atoms with E-state index in [2.05, 4.69) is 10.2 Å². The monoisotopic (exact) mass is 537 g/mol. The molecule has 9 heteroatoms. The molecule has 0 saturated carbocycles. The number of para-hydroxylation sites is 1. The molecule has 1 fully saturated rings. The molecule has 1 N–H and O–H groups in total. The van der Waals surface area contributed by atoms with Gasteiger partial charge in [-0.25, -0.2) is 9.59 Å². The summed E-state index contributed by atoms with van der Waals surface area (Å²) in [6.07, 6.45) is -0.198. The van der Waals surface area contributed by atoms with Crippen molar-refractivity contribution in [2.24, 2.45) is 0 Å². The van der Waals surface area contributed by atoms with Gasteiger partial charge in [0.2, 0.25) is 0 Å². The number of halogens is 1. The zero-order valence-corrected chi connectivity index (χ0v) is 22.3. The van der Waals surface area contributed by atoms with Crippen LogP contribution in [0.25, 0.3) is 0 Å². The predicted molar refractivity (Wildman–Crippen MR) is 147 cm³/mol. The highest BCUT2D eigenvalue weighted by Gasteiger charge is 2.25. The molecule has 0 aliphatic carbocycles. The molecule has 1 aliphatic heterocycles. The highest BCUT2D eigenvalue weighted by Crippen LogP contribution is 2.26. The summed E-state index contributed by atoms with van der Waals surface area (Å²) in [7, 11) is 2.96. The van der Waals surface area contributed by atoms with Gasteiger partial charge in [-0.15, -0.1) is 0 Å². The van der Waals surface area contributed by atoms with Crippen LogP contribution in [0.3, 0.4) is 0 Å². The zero-order chi connectivity index (χ0) is 26.9. The van der Waals surface area contributed by atoms with Crippen LogP contribution in [0.4, 0.5) is 10.5 Å². The van der Waals surface area contributed by atoms with Gasteiger partial charge in [-0.2, -0.15) is 0 Å². The van der Waals surface area contributed by atoms with Gasteiger partial charge in [0.25, 0.3) is 0 Å². The molecule has 0 aromatic heterocycles. The molecule has 3 aromatic carbocycles. The molecular weight excluding hydrogens is 506 g/mol. The average molecular weight is 538 g/mol. The lowest BCUT2D eigenvalue weighted by Gasteiger charge is -2.36. The summed E-state index contributed by atoms with van der Waals surface area (Å²) in [5.41, 5.74) is 2.77. The van der Waals surface area contributed by atoms with E-state index in [1.54, 1.807) is 36.3 Å². The van der Waals surface area contributed by atoms with Crippen molar-refractivity contribution in [3.05, 3.63) is 94.5 Å². The largest absolute Gasteiger partial charge is 0.497 e. The maximum Gasteiger partial charge on any atom is 0.339 e. The number of ether oxygens (including phenoxy) is 3. The molecule has 0 radical (unpaired) electrons. The number of carbonyl (C=O) groups excluding carboxylic acids is 2. The van der Waals surface area contributed by atoms with E-state index in [0.29, 0.717) is 55.6 Å². The first-order valence-corrected chi connectivity index (χ1v) is 12.8. The van der Waals surface area contributed by atoms with Crippen LogP contribution in [0.5, 0.6) is 5.75 Å². The molecule has 200 valence electrons. The Morgan fingerprint density at radius 1 is 0.947 bits per heavy atom. The van der Waals surface area contributed by atoms with Gasteiger partial charge in [0.1, 0.15) is 5.75 Å². The molecule has 4 rings (SSSR count). The van der Waals surface area contributed by atoms with Gasteiger partial charge >= 0.3 is 12.0 Å². The van der Waals surface area contributed by atoms with Gasteiger partial charge in [-0.1, -0.05) is 48.0 Å². The Morgan fingerprint density at radius 2 is 1.71 bits per heavy atom. The van der Waals surface area contributed by atoms with E-state index in [-0.39, 0.29) is 12.1 Å². The van der Waals surface area contributed by atoms with Gasteiger partial charge < -0.3 is 24.4 Å². The molecule has 1 aliphatic rings. The van der Waals surface area contributed by atoms with Crippen molar-refractivity contribution in [3.63, 3.8) is 0 Å².